The summed E-state index contributed by atoms with van der Waals surface area (Å²) in [5, 5.41) is 3.26. The summed E-state index contributed by atoms with van der Waals surface area (Å²) in [4.78, 5) is 17.3. The third-order valence-electron chi connectivity index (χ3n) is 2.68. The summed E-state index contributed by atoms with van der Waals surface area (Å²) in [6.45, 7) is 4.92. The molecule has 106 valence electrons. The predicted octanol–water partition coefficient (Wildman–Crippen LogP) is 2.54. The second kappa shape index (κ2) is 6.78. The zero-order valence-corrected chi connectivity index (χ0v) is 13.8. The Morgan fingerprint density at radius 3 is 2.70 bits per heavy atom. The van der Waals surface area contributed by atoms with Gasteiger partial charge in [-0.3, -0.25) is 0 Å². The maximum atomic E-state index is 5.11. The molecule has 0 bridgehead atoms. The molecule has 2 heterocycles. The van der Waals surface area contributed by atoms with Gasteiger partial charge in [-0.15, -0.1) is 0 Å². The third-order valence-corrected chi connectivity index (χ3v) is 3.81. The number of aryl methyl sites for hydroxylation is 1. The molecule has 2 aromatic rings. The number of hydrogen-bond acceptors (Lipinski definition) is 6. The predicted molar refractivity (Wildman–Crippen MR) is 85.9 cm³/mol. The fraction of sp³-hybridized carbons (Fsp3) is 0.385. The maximum absolute atomic E-state index is 5.11. The number of nitrogens with one attached hydrogen (secondary N) is 1. The average molecular weight is 385 g/mol. The lowest BCUT2D eigenvalue weighted by atomic mass is 10.3. The molecule has 2 aromatic heterocycles. The molecule has 0 aliphatic rings. The Morgan fingerprint density at radius 2 is 2.05 bits per heavy atom. The quantitative estimate of drug-likeness (QED) is 0.798. The largest absolute Gasteiger partial charge is 0.481 e. The average Bonchev–Trinajstić information content (AvgIpc) is 2.49. The molecule has 0 atom stereocenters. The van der Waals surface area contributed by atoms with Crippen molar-refractivity contribution in [1.82, 2.24) is 19.9 Å². The van der Waals surface area contributed by atoms with Gasteiger partial charge in [0, 0.05) is 12.6 Å². The van der Waals surface area contributed by atoms with Crippen molar-refractivity contribution in [3.05, 3.63) is 21.7 Å². The topological polar surface area (TPSA) is 72.8 Å². The van der Waals surface area contributed by atoms with E-state index in [0.29, 0.717) is 17.4 Å². The zero-order valence-electron chi connectivity index (χ0n) is 11.6. The minimum atomic E-state index is 0.500. The molecular weight excluding hydrogens is 369 g/mol. The Balaban J connectivity index is 2.52. The second-order valence-electron chi connectivity index (χ2n) is 3.99. The summed E-state index contributed by atoms with van der Waals surface area (Å²) in [5.74, 6) is 1.92. The first-order chi connectivity index (χ1) is 9.69. The van der Waals surface area contributed by atoms with Crippen LogP contribution in [0.5, 0.6) is 5.88 Å². The summed E-state index contributed by atoms with van der Waals surface area (Å²) in [5.41, 5.74) is 1.66. The molecule has 0 radical (unpaired) electrons. The molecule has 1 N–H and O–H groups in total. The lowest BCUT2D eigenvalue weighted by molar-refractivity contribution is 0.397. The maximum Gasteiger partial charge on any atom is 0.216 e. The Labute approximate surface area is 131 Å². The number of aromatic nitrogens is 4. The van der Waals surface area contributed by atoms with Crippen LogP contribution in [0.4, 0.5) is 5.82 Å². The molecule has 7 heteroatoms. The van der Waals surface area contributed by atoms with Gasteiger partial charge in [0.1, 0.15) is 17.8 Å². The van der Waals surface area contributed by atoms with Gasteiger partial charge >= 0.3 is 0 Å². The van der Waals surface area contributed by atoms with Crippen LogP contribution in [0.25, 0.3) is 11.5 Å². The summed E-state index contributed by atoms with van der Waals surface area (Å²) < 4.78 is 6.16. The van der Waals surface area contributed by atoms with Gasteiger partial charge in [-0.1, -0.05) is 6.92 Å². The highest BCUT2D eigenvalue weighted by Crippen LogP contribution is 2.24. The van der Waals surface area contributed by atoms with Crippen LogP contribution >= 0.6 is 22.6 Å². The molecule has 0 fully saturated rings. The van der Waals surface area contributed by atoms with Gasteiger partial charge in [-0.25, -0.2) is 19.9 Å². The van der Waals surface area contributed by atoms with Crippen molar-refractivity contribution in [1.29, 1.82) is 0 Å². The van der Waals surface area contributed by atoms with Gasteiger partial charge in [-0.2, -0.15) is 0 Å². The number of hydrogen-bond donors (Lipinski definition) is 1. The molecule has 0 unspecified atom stereocenters. The molecule has 20 heavy (non-hydrogen) atoms. The van der Waals surface area contributed by atoms with Gasteiger partial charge in [-0.05, 0) is 35.9 Å². The Hall–Kier alpha value is -1.51. The summed E-state index contributed by atoms with van der Waals surface area (Å²) >= 11 is 2.27. The van der Waals surface area contributed by atoms with E-state index in [-0.39, 0.29) is 0 Å². The number of methoxy groups -OCH3 is 1. The van der Waals surface area contributed by atoms with Crippen LogP contribution in [0.15, 0.2) is 12.4 Å². The van der Waals surface area contributed by atoms with E-state index in [0.717, 1.165) is 28.0 Å². The molecule has 0 saturated heterocycles. The van der Waals surface area contributed by atoms with Crippen molar-refractivity contribution < 1.29 is 4.74 Å². The number of anilines is 1. The van der Waals surface area contributed by atoms with Gasteiger partial charge in [0.25, 0.3) is 0 Å². The summed E-state index contributed by atoms with van der Waals surface area (Å²) in [6.07, 6.45) is 2.29. The second-order valence-corrected chi connectivity index (χ2v) is 5.06. The molecule has 6 nitrogen and oxygen atoms in total. The van der Waals surface area contributed by atoms with E-state index in [1.54, 1.807) is 13.2 Å². The van der Waals surface area contributed by atoms with Crippen molar-refractivity contribution >= 4 is 28.4 Å². The number of rotatable bonds is 5. The van der Waals surface area contributed by atoms with E-state index in [1.807, 2.05) is 6.92 Å². The van der Waals surface area contributed by atoms with Crippen molar-refractivity contribution in [3.63, 3.8) is 0 Å². The van der Waals surface area contributed by atoms with Crippen molar-refractivity contribution in [2.45, 2.75) is 20.3 Å². The van der Waals surface area contributed by atoms with Gasteiger partial charge in [0.15, 0.2) is 5.82 Å². The number of halogens is 1. The van der Waals surface area contributed by atoms with Gasteiger partial charge in [0.05, 0.1) is 16.4 Å². The van der Waals surface area contributed by atoms with Gasteiger partial charge < -0.3 is 10.1 Å². The van der Waals surface area contributed by atoms with Crippen LogP contribution in [-0.4, -0.2) is 33.6 Å². The highest BCUT2D eigenvalue weighted by molar-refractivity contribution is 14.1. The zero-order chi connectivity index (χ0) is 14.5. The number of ether oxygens (including phenoxy) is 1. The van der Waals surface area contributed by atoms with Crippen molar-refractivity contribution in [2.75, 3.05) is 19.0 Å². The van der Waals surface area contributed by atoms with Crippen molar-refractivity contribution in [2.24, 2.45) is 0 Å². The molecule has 0 amide bonds. The van der Waals surface area contributed by atoms with Crippen LogP contribution in [0.2, 0.25) is 0 Å². The molecule has 0 aliphatic heterocycles. The summed E-state index contributed by atoms with van der Waals surface area (Å²) in [7, 11) is 1.57. The first kappa shape index (κ1) is 14.9. The van der Waals surface area contributed by atoms with E-state index in [9.17, 15) is 0 Å². The smallest absolute Gasteiger partial charge is 0.216 e. The standard InChI is InChI=1S/C13H16IN5O/c1-4-8-11(14)13(15-5-2)19-12(18-8)9-6-10(20-3)17-7-16-9/h6-7H,4-5H2,1-3H3,(H,15,18,19). The first-order valence-corrected chi connectivity index (χ1v) is 7.44. The third kappa shape index (κ3) is 3.14. The molecule has 2 rings (SSSR count). The highest BCUT2D eigenvalue weighted by Gasteiger charge is 2.13. The molecule has 0 saturated carbocycles. The Morgan fingerprint density at radius 1 is 1.25 bits per heavy atom. The molecule has 0 aromatic carbocycles. The van der Waals surface area contributed by atoms with E-state index >= 15 is 0 Å². The minimum Gasteiger partial charge on any atom is -0.481 e. The normalized spacial score (nSPS) is 10.4. The minimum absolute atomic E-state index is 0.500. The van der Waals surface area contributed by atoms with Gasteiger partial charge in [0.2, 0.25) is 5.88 Å². The highest BCUT2D eigenvalue weighted by atomic mass is 127. The van der Waals surface area contributed by atoms with Crippen LogP contribution in [0.1, 0.15) is 19.5 Å². The van der Waals surface area contributed by atoms with E-state index in [1.165, 1.54) is 6.33 Å². The van der Waals surface area contributed by atoms with Crippen molar-refractivity contribution in [3.8, 4) is 17.4 Å². The lowest BCUT2D eigenvalue weighted by Gasteiger charge is -2.11. The lowest BCUT2D eigenvalue weighted by Crippen LogP contribution is -2.08. The summed E-state index contributed by atoms with van der Waals surface area (Å²) in [6, 6.07) is 1.73. The van der Waals surface area contributed by atoms with Crippen LogP contribution < -0.4 is 10.1 Å². The monoisotopic (exact) mass is 385 g/mol. The fourth-order valence-corrected chi connectivity index (χ4v) is 2.51. The molecule has 0 aliphatic carbocycles. The first-order valence-electron chi connectivity index (χ1n) is 6.36. The molecular formula is C13H16IN5O. The van der Waals surface area contributed by atoms with E-state index in [4.69, 9.17) is 4.74 Å². The van der Waals surface area contributed by atoms with Crippen LogP contribution in [0, 0.1) is 3.57 Å². The fourth-order valence-electron chi connectivity index (χ4n) is 1.70. The van der Waals surface area contributed by atoms with E-state index < -0.39 is 0 Å². The van der Waals surface area contributed by atoms with Crippen LogP contribution in [0.3, 0.4) is 0 Å². The Bertz CT molecular complexity index is 605. The van der Waals surface area contributed by atoms with E-state index in [2.05, 4.69) is 54.8 Å². The van der Waals surface area contributed by atoms with Crippen LogP contribution in [-0.2, 0) is 6.42 Å². The number of nitrogens with zero attached hydrogens (tertiary/aromatic N) is 4. The Kier molecular flexibility index (Phi) is 5.05. The molecule has 0 spiro atoms. The SMILES string of the molecule is CCNc1nc(-c2cc(OC)ncn2)nc(CC)c1I.